The molecule has 1 fully saturated rings. The van der Waals surface area contributed by atoms with Crippen LogP contribution in [0.1, 0.15) is 12.0 Å². The number of benzene rings is 1. The average molecular weight is 374 g/mol. The predicted molar refractivity (Wildman–Crippen MR) is 98.0 cm³/mol. The Labute approximate surface area is 154 Å². The minimum atomic E-state index is -0.439. The molecule has 1 aliphatic heterocycles. The van der Waals surface area contributed by atoms with Gasteiger partial charge in [-0.3, -0.25) is 0 Å². The fourth-order valence-corrected chi connectivity index (χ4v) is 3.07. The van der Waals surface area contributed by atoms with Gasteiger partial charge >= 0.3 is 0 Å². The van der Waals surface area contributed by atoms with E-state index in [0.717, 1.165) is 19.5 Å². The maximum Gasteiger partial charge on any atom is 0.214 e. The SMILES string of the molecule is Fc1c(Cl)cccc1CNc1ncnc2ccc(O[C@H]3CCNC3)nc12. The van der Waals surface area contributed by atoms with Gasteiger partial charge in [-0.25, -0.2) is 19.3 Å². The number of aromatic nitrogens is 3. The highest BCUT2D eigenvalue weighted by Crippen LogP contribution is 2.23. The molecule has 3 heterocycles. The van der Waals surface area contributed by atoms with Crippen LogP contribution in [0.3, 0.4) is 0 Å². The van der Waals surface area contributed by atoms with Crippen molar-refractivity contribution in [1.82, 2.24) is 20.3 Å². The minimum absolute atomic E-state index is 0.0934. The van der Waals surface area contributed by atoms with E-state index in [-0.39, 0.29) is 17.7 Å². The molecule has 2 N–H and O–H groups in total. The van der Waals surface area contributed by atoms with Crippen LogP contribution in [-0.4, -0.2) is 34.1 Å². The number of hydrogen-bond acceptors (Lipinski definition) is 6. The van der Waals surface area contributed by atoms with Gasteiger partial charge in [0.15, 0.2) is 5.82 Å². The van der Waals surface area contributed by atoms with E-state index in [9.17, 15) is 4.39 Å². The molecular formula is C18H17ClFN5O. The van der Waals surface area contributed by atoms with Crippen molar-refractivity contribution < 1.29 is 9.13 Å². The second-order valence-corrected chi connectivity index (χ2v) is 6.45. The second kappa shape index (κ2) is 7.39. The van der Waals surface area contributed by atoms with Gasteiger partial charge < -0.3 is 15.4 Å². The molecule has 4 rings (SSSR count). The first-order chi connectivity index (χ1) is 12.7. The summed E-state index contributed by atoms with van der Waals surface area (Å²) >= 11 is 5.83. The Hall–Kier alpha value is -2.51. The molecule has 0 radical (unpaired) electrons. The summed E-state index contributed by atoms with van der Waals surface area (Å²) in [5, 5.41) is 6.46. The van der Waals surface area contributed by atoms with Crippen LogP contribution in [0.25, 0.3) is 11.0 Å². The third-order valence-corrected chi connectivity index (χ3v) is 4.53. The monoisotopic (exact) mass is 373 g/mol. The van der Waals surface area contributed by atoms with Gasteiger partial charge in [0.05, 0.1) is 10.5 Å². The number of anilines is 1. The van der Waals surface area contributed by atoms with E-state index in [1.807, 2.05) is 6.07 Å². The van der Waals surface area contributed by atoms with Gasteiger partial charge in [0.2, 0.25) is 5.88 Å². The zero-order chi connectivity index (χ0) is 17.9. The smallest absolute Gasteiger partial charge is 0.214 e. The van der Waals surface area contributed by atoms with Crippen LogP contribution in [-0.2, 0) is 6.54 Å². The molecule has 0 aliphatic carbocycles. The Morgan fingerprint density at radius 1 is 1.27 bits per heavy atom. The van der Waals surface area contributed by atoms with Crippen molar-refractivity contribution >= 4 is 28.5 Å². The Morgan fingerprint density at radius 2 is 2.19 bits per heavy atom. The fraction of sp³-hybridized carbons (Fsp3) is 0.278. The van der Waals surface area contributed by atoms with Crippen molar-refractivity contribution in [3.05, 3.63) is 53.1 Å². The third-order valence-electron chi connectivity index (χ3n) is 4.24. The number of rotatable bonds is 5. The highest BCUT2D eigenvalue weighted by Gasteiger charge is 2.17. The van der Waals surface area contributed by atoms with Gasteiger partial charge in [0, 0.05) is 24.7 Å². The highest BCUT2D eigenvalue weighted by atomic mass is 35.5. The topological polar surface area (TPSA) is 72.0 Å². The number of hydrogen-bond donors (Lipinski definition) is 2. The molecule has 26 heavy (non-hydrogen) atoms. The van der Waals surface area contributed by atoms with Crippen molar-refractivity contribution in [1.29, 1.82) is 0 Å². The molecule has 2 aromatic heterocycles. The second-order valence-electron chi connectivity index (χ2n) is 6.04. The zero-order valence-corrected chi connectivity index (χ0v) is 14.6. The third kappa shape index (κ3) is 3.54. The normalized spacial score (nSPS) is 16.8. The number of pyridine rings is 1. The lowest BCUT2D eigenvalue weighted by Gasteiger charge is -2.13. The van der Waals surface area contributed by atoms with E-state index < -0.39 is 5.82 Å². The van der Waals surface area contributed by atoms with Crippen molar-refractivity contribution in [2.45, 2.75) is 19.1 Å². The Balaban J connectivity index is 1.58. The first-order valence-corrected chi connectivity index (χ1v) is 8.74. The van der Waals surface area contributed by atoms with E-state index in [1.54, 1.807) is 18.2 Å². The number of nitrogens with zero attached hydrogens (tertiary/aromatic N) is 3. The molecule has 0 bridgehead atoms. The standard InChI is InChI=1S/C18H17ClFN5O/c19-13-3-1-2-11(16(13)20)8-22-18-17-14(23-10-24-18)4-5-15(25-17)26-12-6-7-21-9-12/h1-5,10,12,21H,6-9H2,(H,22,23,24)/t12-/m0/s1. The summed E-state index contributed by atoms with van der Waals surface area (Å²) < 4.78 is 20.0. The summed E-state index contributed by atoms with van der Waals surface area (Å²) in [6, 6.07) is 8.54. The molecule has 134 valence electrons. The van der Waals surface area contributed by atoms with Gasteiger partial charge in [0.25, 0.3) is 0 Å². The molecule has 8 heteroatoms. The summed E-state index contributed by atoms with van der Waals surface area (Å²) in [6.45, 7) is 1.99. The minimum Gasteiger partial charge on any atom is -0.473 e. The van der Waals surface area contributed by atoms with E-state index in [1.165, 1.54) is 12.4 Å². The van der Waals surface area contributed by atoms with Crippen LogP contribution in [0, 0.1) is 5.82 Å². The van der Waals surface area contributed by atoms with Gasteiger partial charge in [0.1, 0.15) is 23.8 Å². The maximum absolute atomic E-state index is 14.1. The van der Waals surface area contributed by atoms with Crippen LogP contribution in [0.15, 0.2) is 36.7 Å². The quantitative estimate of drug-likeness (QED) is 0.715. The van der Waals surface area contributed by atoms with Gasteiger partial charge in [-0.15, -0.1) is 0 Å². The highest BCUT2D eigenvalue weighted by molar-refractivity contribution is 6.30. The molecule has 0 amide bonds. The number of halogens is 2. The van der Waals surface area contributed by atoms with E-state index >= 15 is 0 Å². The molecule has 1 atom stereocenters. The van der Waals surface area contributed by atoms with Crippen molar-refractivity contribution in [3.63, 3.8) is 0 Å². The summed E-state index contributed by atoms with van der Waals surface area (Å²) in [6.07, 6.45) is 2.51. The van der Waals surface area contributed by atoms with Crippen molar-refractivity contribution in [2.24, 2.45) is 0 Å². The van der Waals surface area contributed by atoms with Gasteiger partial charge in [-0.1, -0.05) is 23.7 Å². The Morgan fingerprint density at radius 3 is 3.04 bits per heavy atom. The van der Waals surface area contributed by atoms with Crippen molar-refractivity contribution in [3.8, 4) is 5.88 Å². The Bertz CT molecular complexity index is 933. The largest absolute Gasteiger partial charge is 0.473 e. The molecular weight excluding hydrogens is 357 g/mol. The van der Waals surface area contributed by atoms with E-state index in [0.29, 0.717) is 28.3 Å². The first kappa shape index (κ1) is 16.9. The van der Waals surface area contributed by atoms with Gasteiger partial charge in [-0.05, 0) is 25.1 Å². The summed E-state index contributed by atoms with van der Waals surface area (Å²) in [5.41, 5.74) is 1.72. The number of nitrogens with one attached hydrogen (secondary N) is 2. The van der Waals surface area contributed by atoms with Crippen LogP contribution in [0.2, 0.25) is 5.02 Å². The van der Waals surface area contributed by atoms with Crippen LogP contribution < -0.4 is 15.4 Å². The first-order valence-electron chi connectivity index (χ1n) is 8.36. The van der Waals surface area contributed by atoms with Crippen LogP contribution >= 0.6 is 11.6 Å². The lowest BCUT2D eigenvalue weighted by Crippen LogP contribution is -2.20. The predicted octanol–water partition coefficient (Wildman–Crippen LogP) is 3.17. The molecule has 3 aromatic rings. The van der Waals surface area contributed by atoms with Crippen molar-refractivity contribution in [2.75, 3.05) is 18.4 Å². The van der Waals surface area contributed by atoms with E-state index in [4.69, 9.17) is 16.3 Å². The summed E-state index contributed by atoms with van der Waals surface area (Å²) in [7, 11) is 0. The van der Waals surface area contributed by atoms with E-state index in [2.05, 4.69) is 25.6 Å². The summed E-state index contributed by atoms with van der Waals surface area (Å²) in [4.78, 5) is 13.0. The fourth-order valence-electron chi connectivity index (χ4n) is 2.88. The molecule has 1 saturated heterocycles. The lowest BCUT2D eigenvalue weighted by molar-refractivity contribution is 0.215. The Kier molecular flexibility index (Phi) is 4.81. The number of ether oxygens (including phenoxy) is 1. The maximum atomic E-state index is 14.1. The van der Waals surface area contributed by atoms with Gasteiger partial charge in [-0.2, -0.15) is 0 Å². The average Bonchev–Trinajstić information content (AvgIpc) is 3.16. The number of fused-ring (bicyclic) bond motifs is 1. The van der Waals surface area contributed by atoms with Crippen LogP contribution in [0.4, 0.5) is 10.2 Å². The molecule has 0 unspecified atom stereocenters. The lowest BCUT2D eigenvalue weighted by atomic mass is 10.2. The molecule has 1 aromatic carbocycles. The molecule has 1 aliphatic rings. The molecule has 6 nitrogen and oxygen atoms in total. The molecule has 0 saturated carbocycles. The molecule has 0 spiro atoms. The zero-order valence-electron chi connectivity index (χ0n) is 13.9. The van der Waals surface area contributed by atoms with Crippen LogP contribution in [0.5, 0.6) is 5.88 Å². The summed E-state index contributed by atoms with van der Waals surface area (Å²) in [5.74, 6) is 0.605.